The quantitative estimate of drug-likeness (QED) is 0.687. The van der Waals surface area contributed by atoms with Crippen molar-refractivity contribution < 1.29 is 32.6 Å². The fraction of sp³-hybridized carbons (Fsp3) is 0.333. The van der Waals surface area contributed by atoms with Gasteiger partial charge in [0, 0.05) is 11.3 Å². The highest BCUT2D eigenvalue weighted by molar-refractivity contribution is 6.05. The van der Waals surface area contributed by atoms with Gasteiger partial charge in [0.05, 0.1) is 18.7 Å². The van der Waals surface area contributed by atoms with Gasteiger partial charge in [0.15, 0.2) is 6.61 Å². The highest BCUT2D eigenvalue weighted by atomic mass is 19.3. The predicted octanol–water partition coefficient (Wildman–Crippen LogP) is 1.99. The SMILES string of the molecule is Cc1cc(C)n(CCC(=O)OCC(=O)NC(=O)c2ccc(OC(F)F)cc2)n1. The molecule has 0 atom stereocenters. The minimum Gasteiger partial charge on any atom is -0.456 e. The lowest BCUT2D eigenvalue weighted by Crippen LogP contribution is -2.34. The van der Waals surface area contributed by atoms with Gasteiger partial charge < -0.3 is 9.47 Å². The molecule has 10 heteroatoms. The molecule has 150 valence electrons. The zero-order chi connectivity index (χ0) is 20.7. The van der Waals surface area contributed by atoms with Crippen LogP contribution in [0.4, 0.5) is 8.78 Å². The second-order valence-electron chi connectivity index (χ2n) is 5.84. The molecule has 1 heterocycles. The summed E-state index contributed by atoms with van der Waals surface area (Å²) in [5.41, 5.74) is 1.79. The topological polar surface area (TPSA) is 99.5 Å². The Morgan fingerprint density at radius 1 is 1.18 bits per heavy atom. The zero-order valence-corrected chi connectivity index (χ0v) is 15.3. The maximum atomic E-state index is 12.1. The minimum absolute atomic E-state index is 0.0226. The average Bonchev–Trinajstić information content (AvgIpc) is 2.95. The normalized spacial score (nSPS) is 10.6. The summed E-state index contributed by atoms with van der Waals surface area (Å²) in [4.78, 5) is 35.4. The number of esters is 1. The molecule has 0 aliphatic rings. The third-order valence-corrected chi connectivity index (χ3v) is 3.59. The van der Waals surface area contributed by atoms with Gasteiger partial charge in [0.25, 0.3) is 11.8 Å². The van der Waals surface area contributed by atoms with Gasteiger partial charge in [-0.05, 0) is 44.2 Å². The van der Waals surface area contributed by atoms with Crippen LogP contribution in [0, 0.1) is 13.8 Å². The second-order valence-corrected chi connectivity index (χ2v) is 5.84. The van der Waals surface area contributed by atoms with E-state index >= 15 is 0 Å². The number of amides is 2. The molecule has 2 aromatic rings. The van der Waals surface area contributed by atoms with Gasteiger partial charge in [-0.25, -0.2) is 0 Å². The number of halogens is 2. The van der Waals surface area contributed by atoms with Crippen molar-refractivity contribution in [2.75, 3.05) is 6.61 Å². The number of nitrogens with one attached hydrogen (secondary N) is 1. The third-order valence-electron chi connectivity index (χ3n) is 3.59. The first-order chi connectivity index (χ1) is 13.2. The van der Waals surface area contributed by atoms with Crippen molar-refractivity contribution in [1.29, 1.82) is 0 Å². The molecule has 0 spiro atoms. The van der Waals surface area contributed by atoms with Crippen molar-refractivity contribution in [2.24, 2.45) is 0 Å². The molecule has 2 rings (SSSR count). The summed E-state index contributed by atoms with van der Waals surface area (Å²) in [6.07, 6.45) is 0.0226. The first kappa shape index (κ1) is 21.0. The number of carbonyl (C=O) groups excluding carboxylic acids is 3. The van der Waals surface area contributed by atoms with Crippen LogP contribution in [0.1, 0.15) is 28.2 Å². The number of ether oxygens (including phenoxy) is 2. The van der Waals surface area contributed by atoms with Crippen LogP contribution < -0.4 is 10.1 Å². The maximum absolute atomic E-state index is 12.1. The van der Waals surface area contributed by atoms with E-state index in [1.54, 1.807) is 4.68 Å². The molecule has 8 nitrogen and oxygen atoms in total. The number of hydrogen-bond donors (Lipinski definition) is 1. The Hall–Kier alpha value is -3.30. The molecule has 1 N–H and O–H groups in total. The highest BCUT2D eigenvalue weighted by Gasteiger charge is 2.14. The van der Waals surface area contributed by atoms with Gasteiger partial charge in [-0.15, -0.1) is 0 Å². The van der Waals surface area contributed by atoms with Gasteiger partial charge in [0.2, 0.25) is 0 Å². The number of benzene rings is 1. The van der Waals surface area contributed by atoms with Gasteiger partial charge in [0.1, 0.15) is 5.75 Å². The van der Waals surface area contributed by atoms with Crippen molar-refractivity contribution in [2.45, 2.75) is 33.4 Å². The number of aryl methyl sites for hydroxylation is 3. The molecular weight excluding hydrogens is 376 g/mol. The van der Waals surface area contributed by atoms with Crippen molar-refractivity contribution in [3.05, 3.63) is 47.3 Å². The van der Waals surface area contributed by atoms with Crippen molar-refractivity contribution >= 4 is 17.8 Å². The van der Waals surface area contributed by atoms with Crippen LogP contribution in [0.15, 0.2) is 30.3 Å². The fourth-order valence-corrected chi connectivity index (χ4v) is 2.34. The molecule has 1 aromatic carbocycles. The molecule has 0 aliphatic heterocycles. The number of hydrogen-bond acceptors (Lipinski definition) is 6. The average molecular weight is 395 g/mol. The lowest BCUT2D eigenvalue weighted by Gasteiger charge is -2.08. The number of imide groups is 1. The molecule has 0 aliphatic carbocycles. The van der Waals surface area contributed by atoms with Gasteiger partial charge >= 0.3 is 12.6 Å². The number of aromatic nitrogens is 2. The largest absolute Gasteiger partial charge is 0.456 e. The summed E-state index contributed by atoms with van der Waals surface area (Å²) in [5.74, 6) is -2.29. The Kier molecular flexibility index (Phi) is 7.19. The molecule has 0 unspecified atom stereocenters. The Morgan fingerprint density at radius 2 is 1.86 bits per heavy atom. The third kappa shape index (κ3) is 6.45. The molecule has 0 saturated heterocycles. The fourth-order valence-electron chi connectivity index (χ4n) is 2.34. The summed E-state index contributed by atoms with van der Waals surface area (Å²) in [5, 5.41) is 6.24. The molecule has 28 heavy (non-hydrogen) atoms. The van der Waals surface area contributed by atoms with E-state index in [1.165, 1.54) is 24.3 Å². The van der Waals surface area contributed by atoms with E-state index < -0.39 is 31.0 Å². The summed E-state index contributed by atoms with van der Waals surface area (Å²) in [6.45, 7) is 0.414. The monoisotopic (exact) mass is 395 g/mol. The summed E-state index contributed by atoms with van der Waals surface area (Å²) >= 11 is 0. The Morgan fingerprint density at radius 3 is 2.43 bits per heavy atom. The van der Waals surface area contributed by atoms with E-state index in [9.17, 15) is 23.2 Å². The number of rotatable bonds is 8. The van der Waals surface area contributed by atoms with E-state index in [1.807, 2.05) is 25.2 Å². The first-order valence-electron chi connectivity index (χ1n) is 8.30. The Labute approximate surface area is 159 Å². The molecule has 0 fully saturated rings. The van der Waals surface area contributed by atoms with Crippen LogP contribution in [-0.4, -0.2) is 40.8 Å². The summed E-state index contributed by atoms with van der Waals surface area (Å²) in [6, 6.07) is 6.66. The lowest BCUT2D eigenvalue weighted by molar-refractivity contribution is -0.148. The molecule has 0 bridgehead atoms. The van der Waals surface area contributed by atoms with Crippen molar-refractivity contribution in [3.8, 4) is 5.75 Å². The standard InChI is InChI=1S/C18H19F2N3O5/c1-11-9-12(2)23(22-11)8-7-16(25)27-10-15(24)21-17(26)13-3-5-14(6-4-13)28-18(19)20/h3-6,9,18H,7-8,10H2,1-2H3,(H,21,24,26). The summed E-state index contributed by atoms with van der Waals surface area (Å²) < 4.78 is 34.8. The number of nitrogens with zero attached hydrogens (tertiary/aromatic N) is 2. The molecule has 2 amide bonds. The van der Waals surface area contributed by atoms with E-state index in [4.69, 9.17) is 4.74 Å². The van der Waals surface area contributed by atoms with Gasteiger partial charge in [-0.2, -0.15) is 13.9 Å². The highest BCUT2D eigenvalue weighted by Crippen LogP contribution is 2.14. The van der Waals surface area contributed by atoms with Gasteiger partial charge in [-0.1, -0.05) is 0 Å². The van der Waals surface area contributed by atoms with E-state index in [-0.39, 0.29) is 17.7 Å². The summed E-state index contributed by atoms with van der Waals surface area (Å²) in [7, 11) is 0. The molecular formula is C18H19F2N3O5. The van der Waals surface area contributed by atoms with Crippen LogP contribution in [-0.2, 0) is 20.9 Å². The minimum atomic E-state index is -2.97. The Balaban J connectivity index is 1.74. The van der Waals surface area contributed by atoms with Crippen molar-refractivity contribution in [1.82, 2.24) is 15.1 Å². The maximum Gasteiger partial charge on any atom is 0.387 e. The molecule has 0 saturated carbocycles. The second kappa shape index (κ2) is 9.58. The first-order valence-corrected chi connectivity index (χ1v) is 8.30. The van der Waals surface area contributed by atoms with Gasteiger partial charge in [-0.3, -0.25) is 24.4 Å². The van der Waals surface area contributed by atoms with Crippen LogP contribution in [0.3, 0.4) is 0 Å². The van der Waals surface area contributed by atoms with Crippen molar-refractivity contribution in [3.63, 3.8) is 0 Å². The Bertz CT molecular complexity index is 849. The van der Waals surface area contributed by atoms with Crippen LogP contribution in [0.5, 0.6) is 5.75 Å². The van der Waals surface area contributed by atoms with Crippen LogP contribution >= 0.6 is 0 Å². The number of alkyl halides is 2. The zero-order valence-electron chi connectivity index (χ0n) is 15.3. The van der Waals surface area contributed by atoms with Crippen LogP contribution in [0.2, 0.25) is 0 Å². The van der Waals surface area contributed by atoms with E-state index in [0.29, 0.717) is 6.54 Å². The number of carbonyl (C=O) groups is 3. The van der Waals surface area contributed by atoms with Crippen LogP contribution in [0.25, 0.3) is 0 Å². The lowest BCUT2D eigenvalue weighted by atomic mass is 10.2. The van der Waals surface area contributed by atoms with E-state index in [0.717, 1.165) is 11.4 Å². The molecule has 0 radical (unpaired) electrons. The molecule has 1 aromatic heterocycles. The smallest absolute Gasteiger partial charge is 0.387 e. The predicted molar refractivity (Wildman–Crippen MR) is 92.8 cm³/mol. The van der Waals surface area contributed by atoms with E-state index in [2.05, 4.69) is 9.84 Å².